The molecule has 0 aliphatic carbocycles. The van der Waals surface area contributed by atoms with Gasteiger partial charge in [0.25, 0.3) is 0 Å². The molecule has 1 aromatic heterocycles. The molecule has 1 fully saturated rings. The van der Waals surface area contributed by atoms with Crippen molar-refractivity contribution in [1.82, 2.24) is 9.88 Å². The average molecular weight is 346 g/mol. The molecule has 5 heteroatoms. The van der Waals surface area contributed by atoms with Crippen LogP contribution in [0.1, 0.15) is 32.4 Å². The maximum Gasteiger partial charge on any atom is 0.170 e. The first kappa shape index (κ1) is 17.2. The van der Waals surface area contributed by atoms with E-state index in [4.69, 9.17) is 14.5 Å². The van der Waals surface area contributed by atoms with Crippen LogP contribution in [0.2, 0.25) is 0 Å². The molecule has 1 atom stereocenters. The van der Waals surface area contributed by atoms with Gasteiger partial charge < -0.3 is 9.47 Å². The Balaban J connectivity index is 1.81. The zero-order valence-electron chi connectivity index (χ0n) is 14.9. The Morgan fingerprint density at radius 3 is 2.83 bits per heavy atom. The summed E-state index contributed by atoms with van der Waals surface area (Å²) < 4.78 is 10.9. The van der Waals surface area contributed by atoms with Crippen LogP contribution >= 0.6 is 11.3 Å². The molecule has 0 saturated carbocycles. The van der Waals surface area contributed by atoms with Crippen LogP contribution in [-0.4, -0.2) is 36.7 Å². The number of para-hydroxylation sites is 1. The summed E-state index contributed by atoms with van der Waals surface area (Å²) in [6.07, 6.45) is 2.60. The molecule has 130 valence electrons. The fraction of sp³-hybridized carbons (Fsp3) is 0.526. The second kappa shape index (κ2) is 7.53. The highest BCUT2D eigenvalue weighted by atomic mass is 32.1. The van der Waals surface area contributed by atoms with Gasteiger partial charge in [-0.1, -0.05) is 19.9 Å². The topological polar surface area (TPSA) is 34.6 Å². The summed E-state index contributed by atoms with van der Waals surface area (Å²) in [6, 6.07) is 6.61. The van der Waals surface area contributed by atoms with E-state index in [1.54, 1.807) is 25.6 Å². The smallest absolute Gasteiger partial charge is 0.170 e. The predicted octanol–water partition coefficient (Wildman–Crippen LogP) is 4.45. The van der Waals surface area contributed by atoms with Crippen molar-refractivity contribution in [2.45, 2.75) is 39.3 Å². The summed E-state index contributed by atoms with van der Waals surface area (Å²) in [7, 11) is 3.33. The molecule has 24 heavy (non-hydrogen) atoms. The van der Waals surface area contributed by atoms with E-state index in [0.717, 1.165) is 34.3 Å². The van der Waals surface area contributed by atoms with Crippen molar-refractivity contribution < 1.29 is 9.47 Å². The van der Waals surface area contributed by atoms with E-state index in [1.165, 1.54) is 19.4 Å². The van der Waals surface area contributed by atoms with Gasteiger partial charge in [0.05, 0.1) is 25.5 Å². The zero-order chi connectivity index (χ0) is 17.1. The van der Waals surface area contributed by atoms with E-state index in [2.05, 4.69) is 24.1 Å². The van der Waals surface area contributed by atoms with Gasteiger partial charge in [-0.05, 0) is 37.4 Å². The second-order valence-corrected chi connectivity index (χ2v) is 7.47. The van der Waals surface area contributed by atoms with Crippen molar-refractivity contribution >= 4 is 11.3 Å². The lowest BCUT2D eigenvalue weighted by molar-refractivity contribution is 0.197. The first-order chi connectivity index (χ1) is 11.6. The molecule has 4 nitrogen and oxygen atoms in total. The summed E-state index contributed by atoms with van der Waals surface area (Å²) >= 11 is 1.67. The lowest BCUT2D eigenvalue weighted by Gasteiger charge is -2.26. The van der Waals surface area contributed by atoms with E-state index in [0.29, 0.717) is 12.0 Å². The van der Waals surface area contributed by atoms with Gasteiger partial charge in [0, 0.05) is 18.0 Å². The second-order valence-electron chi connectivity index (χ2n) is 6.61. The normalized spacial score (nSPS) is 18.3. The highest BCUT2D eigenvalue weighted by molar-refractivity contribution is 7.13. The number of hydrogen-bond donors (Lipinski definition) is 0. The van der Waals surface area contributed by atoms with E-state index in [9.17, 15) is 0 Å². The van der Waals surface area contributed by atoms with E-state index in [1.807, 2.05) is 18.2 Å². The molecule has 0 spiro atoms. The molecular weight excluding hydrogens is 320 g/mol. The maximum atomic E-state index is 5.54. The molecular formula is C19H26N2O2S. The van der Waals surface area contributed by atoms with Gasteiger partial charge in [0.15, 0.2) is 11.5 Å². The summed E-state index contributed by atoms with van der Waals surface area (Å²) in [5.74, 6) is 2.19. The zero-order valence-corrected chi connectivity index (χ0v) is 15.7. The van der Waals surface area contributed by atoms with E-state index < -0.39 is 0 Å². The molecule has 1 aliphatic heterocycles. The third kappa shape index (κ3) is 3.42. The first-order valence-electron chi connectivity index (χ1n) is 8.53. The molecule has 1 saturated heterocycles. The molecule has 2 aromatic rings. The monoisotopic (exact) mass is 346 g/mol. The number of rotatable bonds is 6. The van der Waals surface area contributed by atoms with Crippen LogP contribution in [0.5, 0.6) is 11.5 Å². The van der Waals surface area contributed by atoms with Gasteiger partial charge in [-0.3, -0.25) is 4.90 Å². The Labute approximate surface area is 148 Å². The quantitative estimate of drug-likeness (QED) is 0.774. The van der Waals surface area contributed by atoms with Gasteiger partial charge in [-0.25, -0.2) is 4.98 Å². The molecule has 3 rings (SSSR count). The van der Waals surface area contributed by atoms with Gasteiger partial charge in [0.1, 0.15) is 5.01 Å². The molecule has 1 aromatic carbocycles. The van der Waals surface area contributed by atoms with Crippen LogP contribution in [0.15, 0.2) is 23.6 Å². The third-order valence-electron chi connectivity index (χ3n) is 4.73. The molecule has 0 unspecified atom stereocenters. The van der Waals surface area contributed by atoms with Crippen molar-refractivity contribution in [3.63, 3.8) is 0 Å². The Morgan fingerprint density at radius 2 is 2.12 bits per heavy atom. The van der Waals surface area contributed by atoms with E-state index in [-0.39, 0.29) is 0 Å². The van der Waals surface area contributed by atoms with E-state index >= 15 is 0 Å². The fourth-order valence-corrected chi connectivity index (χ4v) is 4.40. The minimum atomic E-state index is 0.682. The minimum absolute atomic E-state index is 0.682. The summed E-state index contributed by atoms with van der Waals surface area (Å²) in [5.41, 5.74) is 2.14. The SMILES string of the molecule is COc1cccc(-c2nc(CN3CCC[C@@H]3C(C)C)cs2)c1OC. The van der Waals surface area contributed by atoms with Crippen molar-refractivity contribution in [2.24, 2.45) is 5.92 Å². The number of nitrogens with zero attached hydrogens (tertiary/aromatic N) is 2. The van der Waals surface area contributed by atoms with Crippen LogP contribution in [0, 0.1) is 5.92 Å². The Bertz CT molecular complexity index is 684. The molecule has 1 aliphatic rings. The number of ether oxygens (including phenoxy) is 2. The number of thiazole rings is 1. The standard InChI is InChI=1S/C19H26N2O2S/c1-13(2)16-8-6-10-21(16)11-14-12-24-19(20-14)15-7-5-9-17(22-3)18(15)23-4/h5,7,9,12-13,16H,6,8,10-11H2,1-4H3/t16-/m1/s1. The van der Waals surface area contributed by atoms with Crippen LogP contribution < -0.4 is 9.47 Å². The Morgan fingerprint density at radius 1 is 1.29 bits per heavy atom. The lowest BCUT2D eigenvalue weighted by Crippen LogP contribution is -2.32. The summed E-state index contributed by atoms with van der Waals surface area (Å²) in [6.45, 7) is 6.75. The van der Waals surface area contributed by atoms with Crippen molar-refractivity contribution in [1.29, 1.82) is 0 Å². The minimum Gasteiger partial charge on any atom is -0.493 e. The van der Waals surface area contributed by atoms with Gasteiger partial charge in [-0.15, -0.1) is 11.3 Å². The van der Waals surface area contributed by atoms with Crippen molar-refractivity contribution in [3.8, 4) is 22.1 Å². The predicted molar refractivity (Wildman–Crippen MR) is 98.9 cm³/mol. The molecule has 0 bridgehead atoms. The number of likely N-dealkylation sites (tertiary alicyclic amines) is 1. The highest BCUT2D eigenvalue weighted by Crippen LogP contribution is 2.39. The fourth-order valence-electron chi connectivity index (χ4n) is 3.57. The number of hydrogen-bond acceptors (Lipinski definition) is 5. The number of benzene rings is 1. The Kier molecular flexibility index (Phi) is 5.41. The highest BCUT2D eigenvalue weighted by Gasteiger charge is 2.27. The largest absolute Gasteiger partial charge is 0.493 e. The molecule has 0 N–H and O–H groups in total. The Hall–Kier alpha value is -1.59. The van der Waals surface area contributed by atoms with Crippen LogP contribution in [0.4, 0.5) is 0 Å². The van der Waals surface area contributed by atoms with Crippen LogP contribution in [-0.2, 0) is 6.54 Å². The van der Waals surface area contributed by atoms with Gasteiger partial charge >= 0.3 is 0 Å². The van der Waals surface area contributed by atoms with Gasteiger partial charge in [0.2, 0.25) is 0 Å². The third-order valence-corrected chi connectivity index (χ3v) is 5.66. The number of methoxy groups -OCH3 is 2. The first-order valence-corrected chi connectivity index (χ1v) is 9.41. The summed E-state index contributed by atoms with van der Waals surface area (Å²) in [4.78, 5) is 7.44. The van der Waals surface area contributed by atoms with Crippen LogP contribution in [0.3, 0.4) is 0 Å². The lowest BCUT2D eigenvalue weighted by atomic mass is 10.0. The number of aromatic nitrogens is 1. The maximum absolute atomic E-state index is 5.54. The molecule has 0 amide bonds. The van der Waals surface area contributed by atoms with Crippen molar-refractivity contribution in [3.05, 3.63) is 29.3 Å². The van der Waals surface area contributed by atoms with Crippen LogP contribution in [0.25, 0.3) is 10.6 Å². The molecule has 0 radical (unpaired) electrons. The van der Waals surface area contributed by atoms with Crippen molar-refractivity contribution in [2.75, 3.05) is 20.8 Å². The molecule has 2 heterocycles. The summed E-state index contributed by atoms with van der Waals surface area (Å²) in [5, 5.41) is 3.16. The average Bonchev–Trinajstić information content (AvgIpc) is 3.23. The van der Waals surface area contributed by atoms with Gasteiger partial charge in [-0.2, -0.15) is 0 Å².